The molecule has 2 rings (SSSR count). The third-order valence-electron chi connectivity index (χ3n) is 2.82. The minimum atomic E-state index is -0.366. The van der Waals surface area contributed by atoms with Crippen LogP contribution < -0.4 is 4.74 Å². The van der Waals surface area contributed by atoms with Crippen molar-refractivity contribution in [2.24, 2.45) is 0 Å². The second-order valence-corrected chi connectivity index (χ2v) is 3.96. The minimum absolute atomic E-state index is 0.0948. The lowest BCUT2D eigenvalue weighted by Gasteiger charge is -2.07. The van der Waals surface area contributed by atoms with Crippen molar-refractivity contribution in [3.05, 3.63) is 48.0 Å². The zero-order valence-electron chi connectivity index (χ0n) is 10.7. The molecule has 0 aliphatic rings. The predicted molar refractivity (Wildman–Crippen MR) is 71.4 cm³/mol. The number of benzene rings is 2. The second-order valence-electron chi connectivity index (χ2n) is 3.96. The van der Waals surface area contributed by atoms with Gasteiger partial charge < -0.3 is 14.6 Å². The Bertz CT molecular complexity index is 588. The first-order valence-electron chi connectivity index (χ1n) is 5.71. The van der Waals surface area contributed by atoms with Gasteiger partial charge >= 0.3 is 5.97 Å². The number of ether oxygens (including phenoxy) is 2. The van der Waals surface area contributed by atoms with E-state index in [4.69, 9.17) is 4.74 Å². The monoisotopic (exact) mass is 258 g/mol. The first-order valence-corrected chi connectivity index (χ1v) is 5.71. The topological polar surface area (TPSA) is 55.8 Å². The highest BCUT2D eigenvalue weighted by Gasteiger charge is 2.07. The Labute approximate surface area is 111 Å². The third kappa shape index (κ3) is 2.68. The lowest BCUT2D eigenvalue weighted by atomic mass is 10.0. The number of esters is 1. The molecule has 2 aromatic rings. The molecule has 0 bridgehead atoms. The van der Waals surface area contributed by atoms with Crippen LogP contribution in [-0.2, 0) is 4.74 Å². The highest BCUT2D eigenvalue weighted by Crippen LogP contribution is 2.31. The molecule has 0 aliphatic carbocycles. The fourth-order valence-corrected chi connectivity index (χ4v) is 1.77. The van der Waals surface area contributed by atoms with Crippen molar-refractivity contribution >= 4 is 5.97 Å². The quantitative estimate of drug-likeness (QED) is 0.860. The van der Waals surface area contributed by atoms with Gasteiger partial charge in [0, 0.05) is 0 Å². The van der Waals surface area contributed by atoms with Crippen LogP contribution in [0.5, 0.6) is 11.5 Å². The van der Waals surface area contributed by atoms with E-state index in [0.717, 1.165) is 11.1 Å². The van der Waals surface area contributed by atoms with Crippen LogP contribution in [0, 0.1) is 0 Å². The molecule has 1 N–H and O–H groups in total. The minimum Gasteiger partial charge on any atom is -0.504 e. The van der Waals surface area contributed by atoms with Crippen molar-refractivity contribution in [2.45, 2.75) is 0 Å². The van der Waals surface area contributed by atoms with Gasteiger partial charge in [-0.1, -0.05) is 18.2 Å². The molecule has 98 valence electrons. The standard InChI is InChI=1S/C15H14O4/c1-18-14-9-12(7-8-13(14)16)10-3-5-11(6-4-10)15(17)19-2/h3-9,16H,1-2H3. The van der Waals surface area contributed by atoms with Gasteiger partial charge in [-0.2, -0.15) is 0 Å². The summed E-state index contributed by atoms with van der Waals surface area (Å²) in [6, 6.07) is 12.1. The van der Waals surface area contributed by atoms with E-state index in [1.54, 1.807) is 30.3 Å². The molecular weight excluding hydrogens is 244 g/mol. The fraction of sp³-hybridized carbons (Fsp3) is 0.133. The first-order chi connectivity index (χ1) is 9.15. The van der Waals surface area contributed by atoms with Gasteiger partial charge in [0.05, 0.1) is 19.8 Å². The van der Waals surface area contributed by atoms with Gasteiger partial charge in [0.15, 0.2) is 11.5 Å². The number of hydrogen-bond donors (Lipinski definition) is 1. The van der Waals surface area contributed by atoms with Crippen molar-refractivity contribution in [3.8, 4) is 22.6 Å². The lowest BCUT2D eigenvalue weighted by molar-refractivity contribution is 0.0601. The summed E-state index contributed by atoms with van der Waals surface area (Å²) in [5.74, 6) is 0.141. The van der Waals surface area contributed by atoms with Crippen LogP contribution in [0.15, 0.2) is 42.5 Å². The average molecular weight is 258 g/mol. The van der Waals surface area contributed by atoms with Crippen LogP contribution in [0.1, 0.15) is 10.4 Å². The second kappa shape index (κ2) is 5.44. The van der Waals surface area contributed by atoms with E-state index < -0.39 is 0 Å². The molecule has 0 spiro atoms. The molecule has 0 radical (unpaired) electrons. The average Bonchev–Trinajstić information content (AvgIpc) is 2.47. The largest absolute Gasteiger partial charge is 0.504 e. The van der Waals surface area contributed by atoms with E-state index in [9.17, 15) is 9.90 Å². The Balaban J connectivity index is 2.34. The molecule has 0 heterocycles. The zero-order chi connectivity index (χ0) is 13.8. The number of rotatable bonds is 3. The highest BCUT2D eigenvalue weighted by atomic mass is 16.5. The van der Waals surface area contributed by atoms with Gasteiger partial charge in [-0.05, 0) is 35.4 Å². The summed E-state index contributed by atoms with van der Waals surface area (Å²) in [6.07, 6.45) is 0. The van der Waals surface area contributed by atoms with E-state index >= 15 is 0 Å². The normalized spacial score (nSPS) is 10.0. The van der Waals surface area contributed by atoms with Crippen molar-refractivity contribution in [1.29, 1.82) is 0 Å². The van der Waals surface area contributed by atoms with E-state index in [1.807, 2.05) is 12.1 Å². The maximum absolute atomic E-state index is 11.3. The molecule has 0 fully saturated rings. The molecule has 0 saturated carbocycles. The summed E-state index contributed by atoms with van der Waals surface area (Å²) in [7, 11) is 2.85. The van der Waals surface area contributed by atoms with Gasteiger partial charge in [-0.25, -0.2) is 4.79 Å². The molecular formula is C15H14O4. The number of carbonyl (C=O) groups excluding carboxylic acids is 1. The van der Waals surface area contributed by atoms with Crippen LogP contribution in [-0.4, -0.2) is 25.3 Å². The Morgan fingerprint density at radius 1 is 1.00 bits per heavy atom. The molecule has 0 unspecified atom stereocenters. The first kappa shape index (κ1) is 13.0. The number of phenolic OH excluding ortho intramolecular Hbond substituents is 1. The zero-order valence-corrected chi connectivity index (χ0v) is 10.7. The van der Waals surface area contributed by atoms with Crippen LogP contribution in [0.25, 0.3) is 11.1 Å². The summed E-state index contributed by atoms with van der Waals surface area (Å²) in [6.45, 7) is 0. The number of carbonyl (C=O) groups is 1. The SMILES string of the molecule is COC(=O)c1ccc(-c2ccc(O)c(OC)c2)cc1. The number of phenols is 1. The molecule has 0 aliphatic heterocycles. The van der Waals surface area contributed by atoms with Crippen LogP contribution in [0.4, 0.5) is 0 Å². The smallest absolute Gasteiger partial charge is 0.337 e. The summed E-state index contributed by atoms with van der Waals surface area (Å²) in [4.78, 5) is 11.3. The van der Waals surface area contributed by atoms with Crippen LogP contribution >= 0.6 is 0 Å². The molecule has 4 heteroatoms. The number of hydrogen-bond acceptors (Lipinski definition) is 4. The highest BCUT2D eigenvalue weighted by molar-refractivity contribution is 5.90. The molecule has 0 saturated heterocycles. The Kier molecular flexibility index (Phi) is 3.71. The van der Waals surface area contributed by atoms with E-state index in [1.165, 1.54) is 14.2 Å². The van der Waals surface area contributed by atoms with E-state index in [-0.39, 0.29) is 11.7 Å². The molecule has 2 aromatic carbocycles. The molecule has 4 nitrogen and oxygen atoms in total. The van der Waals surface area contributed by atoms with Gasteiger partial charge in [0.2, 0.25) is 0 Å². The van der Waals surface area contributed by atoms with Gasteiger partial charge in [0.1, 0.15) is 0 Å². The molecule has 0 amide bonds. The maximum atomic E-state index is 11.3. The van der Waals surface area contributed by atoms with Gasteiger partial charge in [0.25, 0.3) is 0 Å². The summed E-state index contributed by atoms with van der Waals surface area (Å²) >= 11 is 0. The fourth-order valence-electron chi connectivity index (χ4n) is 1.77. The Hall–Kier alpha value is -2.49. The Morgan fingerprint density at radius 3 is 2.21 bits per heavy atom. The van der Waals surface area contributed by atoms with Gasteiger partial charge in [-0.15, -0.1) is 0 Å². The van der Waals surface area contributed by atoms with E-state index in [2.05, 4.69) is 4.74 Å². The number of aromatic hydroxyl groups is 1. The predicted octanol–water partition coefficient (Wildman–Crippen LogP) is 2.85. The molecule has 0 aromatic heterocycles. The van der Waals surface area contributed by atoms with Crippen LogP contribution in [0.2, 0.25) is 0 Å². The van der Waals surface area contributed by atoms with Crippen molar-refractivity contribution in [3.63, 3.8) is 0 Å². The maximum Gasteiger partial charge on any atom is 0.337 e. The summed E-state index contributed by atoms with van der Waals surface area (Å²) in [5.41, 5.74) is 2.31. The van der Waals surface area contributed by atoms with Crippen LogP contribution in [0.3, 0.4) is 0 Å². The van der Waals surface area contributed by atoms with E-state index in [0.29, 0.717) is 11.3 Å². The third-order valence-corrected chi connectivity index (χ3v) is 2.82. The van der Waals surface area contributed by atoms with Crippen molar-refractivity contribution < 1.29 is 19.4 Å². The summed E-state index contributed by atoms with van der Waals surface area (Å²) < 4.78 is 9.70. The lowest BCUT2D eigenvalue weighted by Crippen LogP contribution is -2.00. The van der Waals surface area contributed by atoms with Crippen molar-refractivity contribution in [1.82, 2.24) is 0 Å². The van der Waals surface area contributed by atoms with Crippen molar-refractivity contribution in [2.75, 3.05) is 14.2 Å². The summed E-state index contributed by atoms with van der Waals surface area (Å²) in [5, 5.41) is 9.54. The molecule has 19 heavy (non-hydrogen) atoms. The number of methoxy groups -OCH3 is 2. The Morgan fingerprint density at radius 2 is 1.63 bits per heavy atom. The molecule has 0 atom stereocenters. The van der Waals surface area contributed by atoms with Gasteiger partial charge in [-0.3, -0.25) is 0 Å².